The first-order chi connectivity index (χ1) is 16.8. The van der Waals surface area contributed by atoms with E-state index >= 15 is 0 Å². The molecule has 0 heterocycles. The molecule has 2 aromatic rings. The molecule has 0 atom stereocenters. The van der Waals surface area contributed by atoms with Crippen molar-refractivity contribution < 1.29 is 27.9 Å². The molecule has 188 valence electrons. The average molecular weight is 489 g/mol. The molecule has 0 unspecified atom stereocenters. The van der Waals surface area contributed by atoms with Crippen molar-refractivity contribution in [2.45, 2.75) is 76.6 Å². The SMILES string of the molecule is O=C(O)CCNCc1ccc2c(c1)CC/C2=N\OCc1ccc(C2CCCCC2)c(C(F)(F)F)c1. The van der Waals surface area contributed by atoms with Gasteiger partial charge in [-0.05, 0) is 59.9 Å². The molecule has 0 amide bonds. The lowest BCUT2D eigenvalue weighted by Crippen LogP contribution is -2.17. The molecule has 0 aliphatic heterocycles. The number of alkyl halides is 3. The monoisotopic (exact) mass is 488 g/mol. The molecule has 2 aliphatic carbocycles. The first kappa shape index (κ1) is 25.2. The molecule has 4 rings (SSSR count). The number of rotatable bonds is 9. The predicted octanol–water partition coefficient (Wildman–Crippen LogP) is 6.18. The minimum Gasteiger partial charge on any atom is -0.481 e. The molecule has 35 heavy (non-hydrogen) atoms. The van der Waals surface area contributed by atoms with Crippen molar-refractivity contribution in [1.82, 2.24) is 5.32 Å². The van der Waals surface area contributed by atoms with Gasteiger partial charge in [0.2, 0.25) is 0 Å². The summed E-state index contributed by atoms with van der Waals surface area (Å²) in [5.74, 6) is -0.857. The van der Waals surface area contributed by atoms with E-state index in [1.54, 1.807) is 12.1 Å². The number of aliphatic carboxylic acids is 1. The minimum atomic E-state index is -4.39. The molecule has 0 spiro atoms. The zero-order chi connectivity index (χ0) is 24.8. The number of aryl methyl sites for hydroxylation is 1. The summed E-state index contributed by atoms with van der Waals surface area (Å²) in [4.78, 5) is 16.1. The van der Waals surface area contributed by atoms with Gasteiger partial charge in [0.1, 0.15) is 6.61 Å². The summed E-state index contributed by atoms with van der Waals surface area (Å²) in [6.07, 6.45) is 1.89. The van der Waals surface area contributed by atoms with E-state index in [2.05, 4.69) is 16.5 Å². The van der Waals surface area contributed by atoms with E-state index in [0.29, 0.717) is 30.6 Å². The number of oxime groups is 1. The van der Waals surface area contributed by atoms with Crippen LogP contribution in [-0.2, 0) is 35.4 Å². The molecule has 5 nitrogen and oxygen atoms in total. The average Bonchev–Trinajstić information content (AvgIpc) is 3.24. The molecular formula is C27H31F3N2O3. The number of nitrogens with one attached hydrogen (secondary N) is 1. The van der Waals surface area contributed by atoms with E-state index in [0.717, 1.165) is 60.9 Å². The van der Waals surface area contributed by atoms with Crippen LogP contribution in [0.5, 0.6) is 0 Å². The second-order valence-electron chi connectivity index (χ2n) is 9.38. The highest BCUT2D eigenvalue weighted by Crippen LogP contribution is 2.41. The van der Waals surface area contributed by atoms with Crippen molar-refractivity contribution in [1.29, 1.82) is 0 Å². The Labute approximate surface area is 203 Å². The Morgan fingerprint density at radius 2 is 1.83 bits per heavy atom. The summed E-state index contributed by atoms with van der Waals surface area (Å²) >= 11 is 0. The Hall–Kier alpha value is -2.87. The van der Waals surface area contributed by atoms with Crippen LogP contribution in [0.3, 0.4) is 0 Å². The highest BCUT2D eigenvalue weighted by Gasteiger charge is 2.35. The zero-order valence-electron chi connectivity index (χ0n) is 19.7. The van der Waals surface area contributed by atoms with E-state index in [1.165, 1.54) is 6.07 Å². The Morgan fingerprint density at radius 1 is 1.06 bits per heavy atom. The van der Waals surface area contributed by atoms with Crippen molar-refractivity contribution in [2.75, 3.05) is 6.54 Å². The van der Waals surface area contributed by atoms with Crippen LogP contribution in [-0.4, -0.2) is 23.3 Å². The first-order valence-electron chi connectivity index (χ1n) is 12.2. The highest BCUT2D eigenvalue weighted by atomic mass is 19.4. The van der Waals surface area contributed by atoms with Gasteiger partial charge in [-0.1, -0.05) is 54.8 Å². The second kappa shape index (κ2) is 11.2. The summed E-state index contributed by atoms with van der Waals surface area (Å²) in [5, 5.41) is 16.1. The van der Waals surface area contributed by atoms with Crippen LogP contribution in [0, 0.1) is 0 Å². The third-order valence-electron chi connectivity index (χ3n) is 6.83. The Bertz CT molecular complexity index is 1080. The number of halogens is 3. The molecule has 8 heteroatoms. The van der Waals surface area contributed by atoms with Crippen LogP contribution in [0.1, 0.15) is 84.2 Å². The number of carboxylic acids is 1. The van der Waals surface area contributed by atoms with Gasteiger partial charge in [-0.2, -0.15) is 13.2 Å². The third-order valence-corrected chi connectivity index (χ3v) is 6.83. The lowest BCUT2D eigenvalue weighted by molar-refractivity contribution is -0.139. The Balaban J connectivity index is 1.39. The number of nitrogens with zero attached hydrogens (tertiary/aromatic N) is 1. The third kappa shape index (κ3) is 6.63. The van der Waals surface area contributed by atoms with Crippen LogP contribution < -0.4 is 5.32 Å². The quantitative estimate of drug-likeness (QED) is 0.326. The molecule has 2 aromatic carbocycles. The van der Waals surface area contributed by atoms with E-state index < -0.39 is 17.7 Å². The van der Waals surface area contributed by atoms with E-state index in [9.17, 15) is 18.0 Å². The summed E-state index contributed by atoms with van der Waals surface area (Å²) in [5.41, 5.74) is 4.31. The van der Waals surface area contributed by atoms with Gasteiger partial charge in [-0.15, -0.1) is 0 Å². The van der Waals surface area contributed by atoms with Gasteiger partial charge < -0.3 is 15.3 Å². The number of carbonyl (C=O) groups is 1. The van der Waals surface area contributed by atoms with Crippen molar-refractivity contribution >= 4 is 11.7 Å². The van der Waals surface area contributed by atoms with Crippen LogP contribution in [0.25, 0.3) is 0 Å². The fraction of sp³-hybridized carbons (Fsp3) is 0.481. The molecule has 1 saturated carbocycles. The maximum absolute atomic E-state index is 13.8. The van der Waals surface area contributed by atoms with Gasteiger partial charge in [0.05, 0.1) is 17.7 Å². The standard InChI is InChI=1S/C27H31F3N2O3/c28-27(29,30)24-15-19(7-9-22(24)20-4-2-1-3-5-20)17-35-32-25-11-8-21-14-18(6-10-23(21)25)16-31-13-12-26(33)34/h6-7,9-10,14-15,20,31H,1-5,8,11-13,16-17H2,(H,33,34)/b32-25+. The maximum Gasteiger partial charge on any atom is 0.416 e. The Morgan fingerprint density at radius 3 is 2.57 bits per heavy atom. The normalized spacial score (nSPS) is 17.5. The number of fused-ring (bicyclic) bond motifs is 1. The molecule has 0 aromatic heterocycles. The van der Waals surface area contributed by atoms with Gasteiger partial charge in [0.15, 0.2) is 0 Å². The van der Waals surface area contributed by atoms with Crippen molar-refractivity contribution in [3.8, 4) is 0 Å². The predicted molar refractivity (Wildman–Crippen MR) is 127 cm³/mol. The first-order valence-corrected chi connectivity index (χ1v) is 12.2. The lowest BCUT2D eigenvalue weighted by Gasteiger charge is -2.25. The fourth-order valence-electron chi connectivity index (χ4n) is 5.05. The fourth-order valence-corrected chi connectivity index (χ4v) is 5.05. The van der Waals surface area contributed by atoms with Crippen molar-refractivity contribution in [2.24, 2.45) is 5.16 Å². The van der Waals surface area contributed by atoms with Gasteiger partial charge in [0, 0.05) is 18.7 Å². The zero-order valence-corrected chi connectivity index (χ0v) is 19.7. The van der Waals surface area contributed by atoms with Gasteiger partial charge >= 0.3 is 12.1 Å². The van der Waals surface area contributed by atoms with Gasteiger partial charge in [0.25, 0.3) is 0 Å². The smallest absolute Gasteiger partial charge is 0.416 e. The topological polar surface area (TPSA) is 70.9 Å². The summed E-state index contributed by atoms with van der Waals surface area (Å²) in [7, 11) is 0. The number of benzene rings is 2. The van der Waals surface area contributed by atoms with Crippen LogP contribution >= 0.6 is 0 Å². The molecule has 1 fully saturated rings. The van der Waals surface area contributed by atoms with E-state index in [-0.39, 0.29) is 18.9 Å². The largest absolute Gasteiger partial charge is 0.481 e. The van der Waals surface area contributed by atoms with Crippen LogP contribution in [0.15, 0.2) is 41.6 Å². The maximum atomic E-state index is 13.8. The second-order valence-corrected chi connectivity index (χ2v) is 9.38. The number of hydrogen-bond donors (Lipinski definition) is 2. The lowest BCUT2D eigenvalue weighted by atomic mass is 9.81. The molecule has 2 aliphatic rings. The minimum absolute atomic E-state index is 0.0154. The molecule has 0 radical (unpaired) electrons. The highest BCUT2D eigenvalue weighted by molar-refractivity contribution is 6.04. The van der Waals surface area contributed by atoms with Gasteiger partial charge in [-0.25, -0.2) is 0 Å². The van der Waals surface area contributed by atoms with Gasteiger partial charge in [-0.3, -0.25) is 4.79 Å². The summed E-state index contributed by atoms with van der Waals surface area (Å²) in [6.45, 7) is 0.977. The molecular weight excluding hydrogens is 457 g/mol. The van der Waals surface area contributed by atoms with E-state index in [1.807, 2.05) is 12.1 Å². The summed E-state index contributed by atoms with van der Waals surface area (Å²) < 4.78 is 41.4. The van der Waals surface area contributed by atoms with Crippen molar-refractivity contribution in [3.05, 3.63) is 69.8 Å². The molecule has 0 saturated heterocycles. The van der Waals surface area contributed by atoms with Crippen molar-refractivity contribution in [3.63, 3.8) is 0 Å². The number of hydrogen-bond acceptors (Lipinski definition) is 4. The summed E-state index contributed by atoms with van der Waals surface area (Å²) in [6, 6.07) is 10.6. The number of carboxylic acid groups (broad SMARTS) is 1. The molecule has 2 N–H and O–H groups in total. The van der Waals surface area contributed by atoms with Crippen LogP contribution in [0.2, 0.25) is 0 Å². The van der Waals surface area contributed by atoms with Crippen LogP contribution in [0.4, 0.5) is 13.2 Å². The Kier molecular flexibility index (Phi) is 8.11. The van der Waals surface area contributed by atoms with E-state index in [4.69, 9.17) is 9.94 Å². The molecule has 0 bridgehead atoms.